The predicted octanol–water partition coefficient (Wildman–Crippen LogP) is 7.29. The highest BCUT2D eigenvalue weighted by Crippen LogP contribution is 2.41. The molecule has 0 spiro atoms. The lowest BCUT2D eigenvalue weighted by Crippen LogP contribution is -2.30. The van der Waals surface area contributed by atoms with E-state index in [9.17, 15) is 5.11 Å². The Balaban J connectivity index is 1.34. The van der Waals surface area contributed by atoms with Gasteiger partial charge in [0, 0.05) is 9.58 Å². The number of hydrogen-bond donors (Lipinski definition) is 1. The SMILES string of the molecule is COc1ccc(-c2sc3cc(O)ccc3c2Cc2ccc(CCCN3CCCCC3)cc2)cc1. The Hall–Kier alpha value is -2.82. The lowest BCUT2D eigenvalue weighted by molar-refractivity contribution is 0.226. The number of piperidine rings is 1. The summed E-state index contributed by atoms with van der Waals surface area (Å²) < 4.78 is 6.47. The molecule has 0 bridgehead atoms. The van der Waals surface area contributed by atoms with Gasteiger partial charge in [-0.25, -0.2) is 0 Å². The van der Waals surface area contributed by atoms with Crippen LogP contribution < -0.4 is 4.74 Å². The number of likely N-dealkylation sites (tertiary alicyclic amines) is 1. The molecule has 1 N–H and O–H groups in total. The molecule has 0 atom stereocenters. The van der Waals surface area contributed by atoms with Gasteiger partial charge in [0.25, 0.3) is 0 Å². The van der Waals surface area contributed by atoms with Crippen LogP contribution in [-0.4, -0.2) is 36.8 Å². The van der Waals surface area contributed by atoms with Gasteiger partial charge in [0.05, 0.1) is 7.11 Å². The second-order valence-electron chi connectivity index (χ2n) is 9.32. The average Bonchev–Trinajstić information content (AvgIpc) is 3.23. The number of nitrogens with zero attached hydrogens (tertiary/aromatic N) is 1. The summed E-state index contributed by atoms with van der Waals surface area (Å²) in [6.45, 7) is 3.78. The van der Waals surface area contributed by atoms with Crippen LogP contribution in [0.1, 0.15) is 42.4 Å². The van der Waals surface area contributed by atoms with Crippen molar-refractivity contribution in [2.75, 3.05) is 26.7 Å². The number of aryl methyl sites for hydroxylation is 1. The molecule has 4 aromatic rings. The highest BCUT2D eigenvalue weighted by atomic mass is 32.1. The zero-order chi connectivity index (χ0) is 23.3. The van der Waals surface area contributed by atoms with E-state index in [1.807, 2.05) is 18.2 Å². The number of aromatic hydroxyl groups is 1. The van der Waals surface area contributed by atoms with Crippen molar-refractivity contribution >= 4 is 21.4 Å². The van der Waals surface area contributed by atoms with Crippen molar-refractivity contribution in [1.82, 2.24) is 4.90 Å². The highest BCUT2D eigenvalue weighted by molar-refractivity contribution is 7.22. The van der Waals surface area contributed by atoms with Crippen molar-refractivity contribution in [2.45, 2.75) is 38.5 Å². The fourth-order valence-corrected chi connectivity index (χ4v) is 6.27. The van der Waals surface area contributed by atoms with Crippen molar-refractivity contribution in [1.29, 1.82) is 0 Å². The third-order valence-corrected chi connectivity index (χ3v) is 8.16. The molecule has 176 valence electrons. The van der Waals surface area contributed by atoms with E-state index in [2.05, 4.69) is 47.4 Å². The molecule has 34 heavy (non-hydrogen) atoms. The van der Waals surface area contributed by atoms with Gasteiger partial charge in [0.1, 0.15) is 11.5 Å². The van der Waals surface area contributed by atoms with Gasteiger partial charge in [-0.15, -0.1) is 11.3 Å². The van der Waals surface area contributed by atoms with E-state index in [0.717, 1.165) is 23.3 Å². The fourth-order valence-electron chi connectivity index (χ4n) is 5.01. The third kappa shape index (κ3) is 5.29. The summed E-state index contributed by atoms with van der Waals surface area (Å²) in [5, 5.41) is 11.3. The first kappa shape index (κ1) is 22.9. The molecule has 1 fully saturated rings. The molecule has 1 saturated heterocycles. The second kappa shape index (κ2) is 10.6. The smallest absolute Gasteiger partial charge is 0.118 e. The van der Waals surface area contributed by atoms with Crippen molar-refractivity contribution < 1.29 is 9.84 Å². The number of phenols is 1. The molecular weight excluding hydrogens is 438 g/mol. The molecule has 1 aromatic heterocycles. The number of thiophene rings is 1. The molecule has 0 unspecified atom stereocenters. The number of hydrogen-bond acceptors (Lipinski definition) is 4. The number of methoxy groups -OCH3 is 1. The summed E-state index contributed by atoms with van der Waals surface area (Å²) in [6.07, 6.45) is 7.39. The number of ether oxygens (including phenoxy) is 1. The van der Waals surface area contributed by atoms with Crippen molar-refractivity contribution in [3.8, 4) is 21.9 Å². The minimum atomic E-state index is 0.315. The molecule has 0 radical (unpaired) electrons. The summed E-state index contributed by atoms with van der Waals surface area (Å²) in [4.78, 5) is 3.88. The summed E-state index contributed by atoms with van der Waals surface area (Å²) >= 11 is 1.75. The van der Waals surface area contributed by atoms with Crippen molar-refractivity contribution in [3.05, 3.63) is 83.4 Å². The molecule has 0 amide bonds. The topological polar surface area (TPSA) is 32.7 Å². The molecule has 3 nitrogen and oxygen atoms in total. The van der Waals surface area contributed by atoms with Gasteiger partial charge in [-0.2, -0.15) is 0 Å². The highest BCUT2D eigenvalue weighted by Gasteiger charge is 2.15. The van der Waals surface area contributed by atoms with E-state index >= 15 is 0 Å². The Kier molecular flexibility index (Phi) is 7.17. The van der Waals surface area contributed by atoms with Gasteiger partial charge in [-0.3, -0.25) is 0 Å². The normalized spacial score (nSPS) is 14.5. The Labute approximate surface area is 206 Å². The average molecular weight is 472 g/mol. The zero-order valence-corrected chi connectivity index (χ0v) is 20.7. The van der Waals surface area contributed by atoms with Crippen LogP contribution in [0.2, 0.25) is 0 Å². The lowest BCUT2D eigenvalue weighted by Gasteiger charge is -2.26. The Bertz CT molecular complexity index is 1220. The Morgan fingerprint density at radius 3 is 2.35 bits per heavy atom. The van der Waals surface area contributed by atoms with E-state index in [-0.39, 0.29) is 0 Å². The lowest BCUT2D eigenvalue weighted by atomic mass is 9.97. The standard InChI is InChI=1S/C30H33NO2S/c1-33-26-14-11-24(12-15-26)30-28(27-16-13-25(32)21-29(27)34-30)20-23-9-7-22(8-10-23)6-5-19-31-17-3-2-4-18-31/h7-16,21,32H,2-6,17-20H2,1H3. The van der Waals surface area contributed by atoms with E-state index < -0.39 is 0 Å². The molecule has 1 aliphatic heterocycles. The van der Waals surface area contributed by atoms with E-state index in [1.165, 1.54) is 77.8 Å². The molecule has 0 saturated carbocycles. The van der Waals surface area contributed by atoms with E-state index in [4.69, 9.17) is 4.74 Å². The minimum absolute atomic E-state index is 0.315. The van der Waals surface area contributed by atoms with Crippen LogP contribution in [0.3, 0.4) is 0 Å². The number of phenolic OH excluding ortho intramolecular Hbond substituents is 1. The number of fused-ring (bicyclic) bond motifs is 1. The molecule has 2 heterocycles. The monoisotopic (exact) mass is 471 g/mol. The summed E-state index contributed by atoms with van der Waals surface area (Å²) in [6, 6.07) is 23.2. The first-order valence-electron chi connectivity index (χ1n) is 12.4. The van der Waals surface area contributed by atoms with Crippen molar-refractivity contribution in [2.24, 2.45) is 0 Å². The van der Waals surface area contributed by atoms with Crippen LogP contribution in [0.15, 0.2) is 66.7 Å². The Morgan fingerprint density at radius 1 is 0.882 bits per heavy atom. The molecule has 4 heteroatoms. The minimum Gasteiger partial charge on any atom is -0.508 e. The van der Waals surface area contributed by atoms with Gasteiger partial charge in [0.15, 0.2) is 0 Å². The molecule has 5 rings (SSSR count). The maximum atomic E-state index is 10.0. The summed E-state index contributed by atoms with van der Waals surface area (Å²) in [5.41, 5.74) is 5.26. The van der Waals surface area contributed by atoms with E-state index in [0.29, 0.717) is 5.75 Å². The quantitative estimate of drug-likeness (QED) is 0.293. The van der Waals surface area contributed by atoms with Crippen LogP contribution in [-0.2, 0) is 12.8 Å². The zero-order valence-electron chi connectivity index (χ0n) is 19.9. The number of benzene rings is 3. The maximum absolute atomic E-state index is 10.0. The largest absolute Gasteiger partial charge is 0.508 e. The molecular formula is C30H33NO2S. The predicted molar refractivity (Wildman–Crippen MR) is 143 cm³/mol. The first-order valence-corrected chi connectivity index (χ1v) is 13.2. The van der Waals surface area contributed by atoms with Gasteiger partial charge in [-0.1, -0.05) is 30.7 Å². The van der Waals surface area contributed by atoms with Crippen LogP contribution in [0, 0.1) is 0 Å². The van der Waals surface area contributed by atoms with E-state index in [1.54, 1.807) is 24.5 Å². The second-order valence-corrected chi connectivity index (χ2v) is 10.4. The Morgan fingerprint density at radius 2 is 1.62 bits per heavy atom. The molecule has 3 aromatic carbocycles. The third-order valence-electron chi connectivity index (χ3n) is 6.92. The number of rotatable bonds is 8. The molecule has 1 aliphatic rings. The maximum Gasteiger partial charge on any atom is 0.118 e. The molecule has 0 aliphatic carbocycles. The fraction of sp³-hybridized carbons (Fsp3) is 0.333. The van der Waals surface area contributed by atoms with Gasteiger partial charge in [0.2, 0.25) is 0 Å². The summed E-state index contributed by atoms with van der Waals surface area (Å²) in [5.74, 6) is 1.18. The van der Waals surface area contributed by atoms with Gasteiger partial charge >= 0.3 is 0 Å². The van der Waals surface area contributed by atoms with Crippen LogP contribution >= 0.6 is 11.3 Å². The summed E-state index contributed by atoms with van der Waals surface area (Å²) in [7, 11) is 1.69. The van der Waals surface area contributed by atoms with Gasteiger partial charge in [-0.05, 0) is 122 Å². The first-order chi connectivity index (χ1) is 16.7. The van der Waals surface area contributed by atoms with Crippen LogP contribution in [0.5, 0.6) is 11.5 Å². The van der Waals surface area contributed by atoms with Gasteiger partial charge < -0.3 is 14.7 Å². The van der Waals surface area contributed by atoms with Crippen molar-refractivity contribution in [3.63, 3.8) is 0 Å². The van der Waals surface area contributed by atoms with Crippen LogP contribution in [0.25, 0.3) is 20.5 Å². The van der Waals surface area contributed by atoms with Crippen LogP contribution in [0.4, 0.5) is 0 Å².